The van der Waals surface area contributed by atoms with Crippen LogP contribution in [0.25, 0.3) is 86.6 Å². The molecule has 0 radical (unpaired) electrons. The Morgan fingerprint density at radius 2 is 0.867 bits per heavy atom. The molecule has 2 nitrogen and oxygen atoms in total. The lowest BCUT2D eigenvalue weighted by molar-refractivity contribution is 0.660. The fourth-order valence-electron chi connectivity index (χ4n) is 9.57. The largest absolute Gasteiger partial charge is 0.456 e. The van der Waals surface area contributed by atoms with Gasteiger partial charge >= 0.3 is 0 Å². The molecular weight excluding hydrogens is 747 g/mol. The average molecular weight is 786 g/mol. The maximum atomic E-state index is 6.13. The molecule has 0 amide bonds. The monoisotopic (exact) mass is 785 g/mol. The molecule has 2 heterocycles. The van der Waals surface area contributed by atoms with E-state index in [0.29, 0.717) is 0 Å². The first kappa shape index (κ1) is 34.8. The van der Waals surface area contributed by atoms with E-state index in [0.717, 1.165) is 50.1 Å². The third kappa shape index (κ3) is 5.54. The minimum Gasteiger partial charge on any atom is -0.456 e. The lowest BCUT2D eigenvalue weighted by Gasteiger charge is -2.26. The van der Waals surface area contributed by atoms with Crippen LogP contribution in [0.2, 0.25) is 0 Å². The molecule has 2 aromatic heterocycles. The summed E-state index contributed by atoms with van der Waals surface area (Å²) in [6.07, 6.45) is 0. The van der Waals surface area contributed by atoms with Crippen molar-refractivity contribution in [1.82, 2.24) is 0 Å². The number of furan rings is 1. The summed E-state index contributed by atoms with van der Waals surface area (Å²) in [5, 5.41) is 4.92. The Morgan fingerprint density at radius 1 is 0.367 bits per heavy atom. The molecule has 60 heavy (non-hydrogen) atoms. The van der Waals surface area contributed by atoms with Gasteiger partial charge in [0, 0.05) is 53.4 Å². The van der Waals surface area contributed by atoms with Crippen molar-refractivity contribution in [3.05, 3.63) is 211 Å². The number of hydrogen-bond donors (Lipinski definition) is 0. The Kier molecular flexibility index (Phi) is 7.79. The first-order chi connectivity index (χ1) is 29.5. The van der Waals surface area contributed by atoms with Crippen LogP contribution in [-0.4, -0.2) is 0 Å². The summed E-state index contributed by atoms with van der Waals surface area (Å²) in [6.45, 7) is 4.67. The van der Waals surface area contributed by atoms with Crippen LogP contribution in [-0.2, 0) is 5.41 Å². The molecule has 0 aliphatic heterocycles. The van der Waals surface area contributed by atoms with Gasteiger partial charge in [0.25, 0.3) is 0 Å². The zero-order chi connectivity index (χ0) is 40.0. The van der Waals surface area contributed by atoms with E-state index in [9.17, 15) is 0 Å². The SMILES string of the molecule is CC1(C)c2ccccc2-c2cc(-c3ccc(N(c4ccc(-c5ccc6c(c5)sc5ccccc56)cc4)c4ccc(-c5ccc6oc7ccccc7c6c5)cc4)cc3)ccc21. The predicted molar refractivity (Wildman–Crippen MR) is 255 cm³/mol. The number of hydrogen-bond acceptors (Lipinski definition) is 3. The number of rotatable bonds is 6. The maximum Gasteiger partial charge on any atom is 0.135 e. The first-order valence-corrected chi connectivity index (χ1v) is 21.5. The van der Waals surface area contributed by atoms with E-state index in [1.165, 1.54) is 64.7 Å². The standard InChI is InChI=1S/C57H39NOS/c1-57(2)51-12-6-3-9-45(51)49-33-39(22-31-52(49)57)36-15-24-42(25-16-36)58(43-26-17-37(18-27-43)40-23-32-54-50(34-40)46-10-4-7-13-53(46)59-54)44-28-19-38(20-29-44)41-21-30-48-47-11-5-8-14-55(47)60-56(48)35-41/h3-35H,1-2H3. The van der Waals surface area contributed by atoms with E-state index in [-0.39, 0.29) is 5.41 Å². The maximum absolute atomic E-state index is 6.13. The lowest BCUT2D eigenvalue weighted by Crippen LogP contribution is -2.14. The Bertz CT molecular complexity index is 3440. The van der Waals surface area contributed by atoms with Gasteiger partial charge in [-0.15, -0.1) is 11.3 Å². The molecule has 0 saturated carbocycles. The van der Waals surface area contributed by atoms with Crippen molar-refractivity contribution in [3.63, 3.8) is 0 Å². The molecular formula is C57H39NOS. The summed E-state index contributed by atoms with van der Waals surface area (Å²) in [5.41, 5.74) is 17.8. The van der Waals surface area contributed by atoms with Crippen LogP contribution >= 0.6 is 11.3 Å². The molecule has 0 unspecified atom stereocenters. The van der Waals surface area contributed by atoms with E-state index >= 15 is 0 Å². The molecule has 0 N–H and O–H groups in total. The number of thiophene rings is 1. The van der Waals surface area contributed by atoms with Gasteiger partial charge in [-0.1, -0.05) is 141 Å². The second-order valence-corrected chi connectivity index (χ2v) is 17.6. The van der Waals surface area contributed by atoms with Gasteiger partial charge in [0.1, 0.15) is 11.2 Å². The van der Waals surface area contributed by atoms with Crippen LogP contribution in [0.1, 0.15) is 25.0 Å². The summed E-state index contributed by atoms with van der Waals surface area (Å²) >= 11 is 1.86. The van der Waals surface area contributed by atoms with Crippen molar-refractivity contribution in [2.75, 3.05) is 4.90 Å². The molecule has 1 aliphatic rings. The molecule has 12 rings (SSSR count). The molecule has 0 spiro atoms. The fraction of sp³-hybridized carbons (Fsp3) is 0.0526. The van der Waals surface area contributed by atoms with Gasteiger partial charge < -0.3 is 9.32 Å². The third-order valence-electron chi connectivity index (χ3n) is 12.7. The van der Waals surface area contributed by atoms with Crippen molar-refractivity contribution in [2.24, 2.45) is 0 Å². The number of nitrogens with zero attached hydrogens (tertiary/aromatic N) is 1. The quantitative estimate of drug-likeness (QED) is 0.167. The van der Waals surface area contributed by atoms with Crippen LogP contribution in [0.15, 0.2) is 205 Å². The van der Waals surface area contributed by atoms with Gasteiger partial charge in [-0.3, -0.25) is 0 Å². The zero-order valence-corrected chi connectivity index (χ0v) is 34.1. The van der Waals surface area contributed by atoms with Gasteiger partial charge in [0.2, 0.25) is 0 Å². The molecule has 1 aliphatic carbocycles. The summed E-state index contributed by atoms with van der Waals surface area (Å²) in [7, 11) is 0. The highest BCUT2D eigenvalue weighted by Crippen LogP contribution is 2.50. The van der Waals surface area contributed by atoms with E-state index in [1.54, 1.807) is 0 Å². The average Bonchev–Trinajstić information content (AvgIpc) is 3.94. The minimum atomic E-state index is -0.00828. The molecule has 3 heteroatoms. The lowest BCUT2D eigenvalue weighted by atomic mass is 9.82. The molecule has 0 bridgehead atoms. The highest BCUT2D eigenvalue weighted by atomic mass is 32.1. The van der Waals surface area contributed by atoms with E-state index < -0.39 is 0 Å². The number of benzene rings is 9. The third-order valence-corrected chi connectivity index (χ3v) is 13.8. The van der Waals surface area contributed by atoms with Crippen LogP contribution in [0.4, 0.5) is 17.1 Å². The van der Waals surface area contributed by atoms with Crippen molar-refractivity contribution < 1.29 is 4.42 Å². The van der Waals surface area contributed by atoms with Crippen molar-refractivity contribution >= 4 is 70.5 Å². The zero-order valence-electron chi connectivity index (χ0n) is 33.3. The topological polar surface area (TPSA) is 16.4 Å². The van der Waals surface area contributed by atoms with Gasteiger partial charge in [-0.25, -0.2) is 0 Å². The van der Waals surface area contributed by atoms with Crippen molar-refractivity contribution in [3.8, 4) is 44.5 Å². The molecule has 0 saturated heterocycles. The van der Waals surface area contributed by atoms with Crippen LogP contribution in [0.3, 0.4) is 0 Å². The van der Waals surface area contributed by atoms with Crippen molar-refractivity contribution in [1.29, 1.82) is 0 Å². The summed E-state index contributed by atoms with van der Waals surface area (Å²) in [6, 6.07) is 73.2. The van der Waals surface area contributed by atoms with E-state index in [1.807, 2.05) is 23.5 Å². The number of para-hydroxylation sites is 1. The number of anilines is 3. The van der Waals surface area contributed by atoms with Gasteiger partial charge in [-0.2, -0.15) is 0 Å². The number of fused-ring (bicyclic) bond motifs is 9. The molecule has 11 aromatic rings. The summed E-state index contributed by atoms with van der Waals surface area (Å²) in [5.74, 6) is 0. The second-order valence-electron chi connectivity index (χ2n) is 16.5. The van der Waals surface area contributed by atoms with Crippen LogP contribution in [0.5, 0.6) is 0 Å². The Balaban J connectivity index is 0.914. The molecule has 0 fully saturated rings. The molecule has 0 atom stereocenters. The van der Waals surface area contributed by atoms with Crippen LogP contribution in [0, 0.1) is 0 Å². The Hall–Kier alpha value is -7.20. The molecule has 9 aromatic carbocycles. The van der Waals surface area contributed by atoms with Crippen molar-refractivity contribution in [2.45, 2.75) is 19.3 Å². The Morgan fingerprint density at radius 3 is 1.58 bits per heavy atom. The summed E-state index contributed by atoms with van der Waals surface area (Å²) in [4.78, 5) is 2.36. The Labute approximate surface area is 353 Å². The minimum absolute atomic E-state index is 0.00828. The smallest absolute Gasteiger partial charge is 0.135 e. The highest BCUT2D eigenvalue weighted by Gasteiger charge is 2.35. The van der Waals surface area contributed by atoms with E-state index in [4.69, 9.17) is 4.42 Å². The molecule has 284 valence electrons. The highest BCUT2D eigenvalue weighted by molar-refractivity contribution is 7.25. The summed E-state index contributed by atoms with van der Waals surface area (Å²) < 4.78 is 8.78. The van der Waals surface area contributed by atoms with Gasteiger partial charge in [0.15, 0.2) is 0 Å². The predicted octanol–water partition coefficient (Wildman–Crippen LogP) is 16.7. The normalized spacial score (nSPS) is 13.0. The van der Waals surface area contributed by atoms with Gasteiger partial charge in [-0.05, 0) is 128 Å². The van der Waals surface area contributed by atoms with Crippen LogP contribution < -0.4 is 4.90 Å². The van der Waals surface area contributed by atoms with E-state index in [2.05, 4.69) is 207 Å². The first-order valence-electron chi connectivity index (χ1n) is 20.6. The second kappa shape index (κ2) is 13.4. The fourth-order valence-corrected chi connectivity index (χ4v) is 10.7. The van der Waals surface area contributed by atoms with Gasteiger partial charge in [0.05, 0.1) is 0 Å².